The Labute approximate surface area is 140 Å². The van der Waals surface area contributed by atoms with E-state index in [0.29, 0.717) is 13.0 Å². The quantitative estimate of drug-likeness (QED) is 0.675. The Morgan fingerprint density at radius 3 is 3.09 bits per heavy atom. The van der Waals surface area contributed by atoms with Gasteiger partial charge in [-0.15, -0.1) is 11.3 Å². The number of aromatic nitrogens is 2. The SMILES string of the molecule is Cc1ccc2c(cnn2CCC(=O)NCCCc2cccs2)c1. The molecule has 3 rings (SSSR count). The molecule has 0 aliphatic heterocycles. The van der Waals surface area contributed by atoms with Gasteiger partial charge in [-0.3, -0.25) is 9.48 Å². The molecule has 0 aliphatic carbocycles. The fraction of sp³-hybridized carbons (Fsp3) is 0.333. The van der Waals surface area contributed by atoms with Crippen LogP contribution in [0, 0.1) is 6.92 Å². The Kier molecular flexibility index (Phi) is 5.08. The van der Waals surface area contributed by atoms with Crippen LogP contribution in [0.1, 0.15) is 23.3 Å². The molecule has 3 aromatic rings. The van der Waals surface area contributed by atoms with E-state index >= 15 is 0 Å². The molecule has 5 heteroatoms. The molecule has 0 atom stereocenters. The Bertz CT molecular complexity index is 777. The normalized spacial score (nSPS) is 11.0. The van der Waals surface area contributed by atoms with Gasteiger partial charge in [-0.05, 0) is 43.3 Å². The highest BCUT2D eigenvalue weighted by atomic mass is 32.1. The van der Waals surface area contributed by atoms with Crippen LogP contribution >= 0.6 is 11.3 Å². The summed E-state index contributed by atoms with van der Waals surface area (Å²) in [5.41, 5.74) is 2.31. The highest BCUT2D eigenvalue weighted by Gasteiger charge is 2.06. The Hall–Kier alpha value is -2.14. The van der Waals surface area contributed by atoms with Crippen molar-refractivity contribution < 1.29 is 4.79 Å². The van der Waals surface area contributed by atoms with Gasteiger partial charge in [0.2, 0.25) is 5.91 Å². The molecule has 2 heterocycles. The van der Waals surface area contributed by atoms with Gasteiger partial charge < -0.3 is 5.32 Å². The minimum absolute atomic E-state index is 0.0898. The van der Waals surface area contributed by atoms with E-state index < -0.39 is 0 Å². The molecule has 0 saturated heterocycles. The topological polar surface area (TPSA) is 46.9 Å². The summed E-state index contributed by atoms with van der Waals surface area (Å²) in [6, 6.07) is 10.5. The second kappa shape index (κ2) is 7.42. The summed E-state index contributed by atoms with van der Waals surface area (Å²) in [4.78, 5) is 13.3. The predicted octanol–water partition coefficient (Wildman–Crippen LogP) is 3.55. The van der Waals surface area contributed by atoms with E-state index in [9.17, 15) is 4.79 Å². The Balaban J connectivity index is 1.43. The van der Waals surface area contributed by atoms with Gasteiger partial charge in [-0.1, -0.05) is 17.7 Å². The molecule has 4 nitrogen and oxygen atoms in total. The number of amides is 1. The number of rotatable bonds is 7. The van der Waals surface area contributed by atoms with E-state index in [2.05, 4.69) is 53.1 Å². The van der Waals surface area contributed by atoms with Crippen LogP contribution in [-0.2, 0) is 17.8 Å². The number of fused-ring (bicyclic) bond motifs is 1. The first-order valence-corrected chi connectivity index (χ1v) is 8.81. The minimum Gasteiger partial charge on any atom is -0.356 e. The second-order valence-corrected chi connectivity index (χ2v) is 6.75. The summed E-state index contributed by atoms with van der Waals surface area (Å²) in [7, 11) is 0. The van der Waals surface area contributed by atoms with E-state index in [-0.39, 0.29) is 5.91 Å². The average Bonchev–Trinajstić information content (AvgIpc) is 3.19. The number of nitrogens with one attached hydrogen (secondary N) is 1. The van der Waals surface area contributed by atoms with E-state index in [1.54, 1.807) is 11.3 Å². The molecule has 23 heavy (non-hydrogen) atoms. The van der Waals surface area contributed by atoms with Crippen LogP contribution in [0.15, 0.2) is 41.9 Å². The van der Waals surface area contributed by atoms with E-state index in [1.165, 1.54) is 10.4 Å². The summed E-state index contributed by atoms with van der Waals surface area (Å²) < 4.78 is 1.90. The van der Waals surface area contributed by atoms with Gasteiger partial charge in [0.05, 0.1) is 18.3 Å². The van der Waals surface area contributed by atoms with Crippen molar-refractivity contribution in [3.8, 4) is 0 Å². The Morgan fingerprint density at radius 1 is 1.35 bits per heavy atom. The van der Waals surface area contributed by atoms with Crippen molar-refractivity contribution in [2.24, 2.45) is 0 Å². The third-order valence-electron chi connectivity index (χ3n) is 3.85. The molecule has 1 N–H and O–H groups in total. The van der Waals surface area contributed by atoms with Gasteiger partial charge in [0, 0.05) is 23.2 Å². The van der Waals surface area contributed by atoms with Crippen LogP contribution in [0.3, 0.4) is 0 Å². The molecule has 0 unspecified atom stereocenters. The molecule has 2 aromatic heterocycles. The van der Waals surface area contributed by atoms with Crippen LogP contribution in [0.25, 0.3) is 10.9 Å². The van der Waals surface area contributed by atoms with Gasteiger partial charge in [-0.25, -0.2) is 0 Å². The van der Waals surface area contributed by atoms with Crippen LogP contribution in [-0.4, -0.2) is 22.2 Å². The zero-order valence-corrected chi connectivity index (χ0v) is 14.1. The van der Waals surface area contributed by atoms with Crippen LogP contribution < -0.4 is 5.32 Å². The van der Waals surface area contributed by atoms with Gasteiger partial charge in [0.25, 0.3) is 0 Å². The van der Waals surface area contributed by atoms with Crippen molar-refractivity contribution in [3.63, 3.8) is 0 Å². The van der Waals surface area contributed by atoms with Crippen molar-refractivity contribution in [2.75, 3.05) is 6.54 Å². The first kappa shape index (κ1) is 15.7. The number of benzene rings is 1. The van der Waals surface area contributed by atoms with Gasteiger partial charge in [-0.2, -0.15) is 5.10 Å². The number of nitrogens with zero attached hydrogens (tertiary/aromatic N) is 2. The first-order chi connectivity index (χ1) is 11.2. The maximum atomic E-state index is 11.9. The second-order valence-electron chi connectivity index (χ2n) is 5.71. The molecule has 0 fully saturated rings. The molecular weight excluding hydrogens is 306 g/mol. The van der Waals surface area contributed by atoms with Crippen molar-refractivity contribution in [1.82, 2.24) is 15.1 Å². The smallest absolute Gasteiger partial charge is 0.221 e. The minimum atomic E-state index is 0.0898. The monoisotopic (exact) mass is 327 g/mol. The largest absolute Gasteiger partial charge is 0.356 e. The fourth-order valence-electron chi connectivity index (χ4n) is 2.63. The molecule has 0 spiro atoms. The lowest BCUT2D eigenvalue weighted by Crippen LogP contribution is -2.25. The molecule has 0 saturated carbocycles. The van der Waals surface area contributed by atoms with Gasteiger partial charge in [0.1, 0.15) is 0 Å². The number of carbonyl (C=O) groups is 1. The lowest BCUT2D eigenvalue weighted by atomic mass is 10.2. The maximum absolute atomic E-state index is 11.9. The summed E-state index contributed by atoms with van der Waals surface area (Å²) in [6.45, 7) is 3.42. The van der Waals surface area contributed by atoms with Crippen molar-refractivity contribution in [1.29, 1.82) is 0 Å². The third-order valence-corrected chi connectivity index (χ3v) is 4.79. The number of thiophene rings is 1. The molecule has 0 radical (unpaired) electrons. The maximum Gasteiger partial charge on any atom is 0.221 e. The summed E-state index contributed by atoms with van der Waals surface area (Å²) in [5, 5.41) is 10.6. The van der Waals surface area contributed by atoms with Crippen LogP contribution in [0.4, 0.5) is 0 Å². The molecule has 0 bridgehead atoms. The molecule has 1 aromatic carbocycles. The number of aryl methyl sites for hydroxylation is 3. The number of hydrogen-bond donors (Lipinski definition) is 1. The zero-order valence-electron chi connectivity index (χ0n) is 13.3. The van der Waals surface area contributed by atoms with Crippen LogP contribution in [0.2, 0.25) is 0 Å². The molecule has 120 valence electrons. The lowest BCUT2D eigenvalue weighted by molar-refractivity contribution is -0.121. The van der Waals surface area contributed by atoms with Gasteiger partial charge in [0.15, 0.2) is 0 Å². The van der Waals surface area contributed by atoms with Crippen LogP contribution in [0.5, 0.6) is 0 Å². The average molecular weight is 327 g/mol. The first-order valence-electron chi connectivity index (χ1n) is 7.93. The predicted molar refractivity (Wildman–Crippen MR) is 94.7 cm³/mol. The number of hydrogen-bond acceptors (Lipinski definition) is 3. The van der Waals surface area contributed by atoms with E-state index in [1.807, 2.05) is 10.9 Å². The standard InChI is InChI=1S/C18H21N3OS/c1-14-6-7-17-15(12-14)13-20-21(17)10-8-18(22)19-9-2-4-16-5-3-11-23-16/h3,5-7,11-13H,2,4,8-10H2,1H3,(H,19,22). The summed E-state index contributed by atoms with van der Waals surface area (Å²) >= 11 is 1.77. The van der Waals surface area contributed by atoms with E-state index in [4.69, 9.17) is 0 Å². The fourth-order valence-corrected chi connectivity index (χ4v) is 3.38. The summed E-state index contributed by atoms with van der Waals surface area (Å²) in [6.07, 6.45) is 4.34. The van der Waals surface area contributed by atoms with Crippen molar-refractivity contribution >= 4 is 28.1 Å². The van der Waals surface area contributed by atoms with Gasteiger partial charge >= 0.3 is 0 Å². The molecular formula is C18H21N3OS. The highest BCUT2D eigenvalue weighted by molar-refractivity contribution is 7.09. The van der Waals surface area contributed by atoms with E-state index in [0.717, 1.165) is 30.3 Å². The lowest BCUT2D eigenvalue weighted by Gasteiger charge is -2.06. The number of carbonyl (C=O) groups excluding carboxylic acids is 1. The summed E-state index contributed by atoms with van der Waals surface area (Å²) in [5.74, 6) is 0.0898. The molecule has 1 amide bonds. The highest BCUT2D eigenvalue weighted by Crippen LogP contribution is 2.15. The molecule has 0 aliphatic rings. The van der Waals surface area contributed by atoms with Crippen molar-refractivity contribution in [3.05, 3.63) is 52.3 Å². The van der Waals surface area contributed by atoms with Crippen molar-refractivity contribution in [2.45, 2.75) is 32.7 Å². The Morgan fingerprint density at radius 2 is 2.26 bits per heavy atom. The zero-order chi connectivity index (χ0) is 16.1. The third kappa shape index (κ3) is 4.20.